The molecule has 0 fully saturated rings. The zero-order chi connectivity index (χ0) is 11.7. The molecule has 1 unspecified atom stereocenters. The van der Waals surface area contributed by atoms with E-state index in [-0.39, 0.29) is 5.92 Å². The molecule has 2 heterocycles. The van der Waals surface area contributed by atoms with E-state index in [9.17, 15) is 4.79 Å². The maximum Gasteiger partial charge on any atom is 0.132 e. The van der Waals surface area contributed by atoms with Crippen LogP contribution in [0.4, 0.5) is 0 Å². The van der Waals surface area contributed by atoms with E-state index in [0.717, 1.165) is 27.8 Å². The van der Waals surface area contributed by atoms with Gasteiger partial charge in [0, 0.05) is 4.88 Å². The number of carbonyl (C=O) groups is 1. The Morgan fingerprint density at radius 2 is 2.24 bits per heavy atom. The number of hydrogen-bond acceptors (Lipinski definition) is 3. The largest absolute Gasteiger partial charge is 0.345 e. The summed E-state index contributed by atoms with van der Waals surface area (Å²) >= 11 is 1.59. The first-order chi connectivity index (χ1) is 8.40. The molecule has 0 saturated carbocycles. The Hall–Kier alpha value is -1.94. The second-order valence-electron chi connectivity index (χ2n) is 3.78. The molecule has 1 aromatic carbocycles. The number of rotatable bonds is 3. The van der Waals surface area contributed by atoms with Crippen LogP contribution in [0.2, 0.25) is 0 Å². The summed E-state index contributed by atoms with van der Waals surface area (Å²) in [7, 11) is 0. The lowest BCUT2D eigenvalue weighted by molar-refractivity contribution is -0.108. The number of aromatic nitrogens is 2. The number of nitrogens with zero attached hydrogens (tertiary/aromatic N) is 1. The van der Waals surface area contributed by atoms with Gasteiger partial charge in [-0.05, 0) is 23.1 Å². The summed E-state index contributed by atoms with van der Waals surface area (Å²) in [5.41, 5.74) is 2.80. The van der Waals surface area contributed by atoms with Crippen molar-refractivity contribution in [2.45, 2.75) is 5.92 Å². The maximum atomic E-state index is 11.3. The minimum absolute atomic E-state index is 0.220. The van der Waals surface area contributed by atoms with Crippen LogP contribution in [0.25, 0.3) is 11.0 Å². The molecule has 0 aliphatic rings. The fourth-order valence-corrected chi connectivity index (χ4v) is 2.80. The number of imidazole rings is 1. The van der Waals surface area contributed by atoms with Gasteiger partial charge in [0.1, 0.15) is 6.29 Å². The SMILES string of the molecule is O=CC(c1cccs1)c1cccc2[nH]cnc12. The number of H-pyrrole nitrogens is 1. The van der Waals surface area contributed by atoms with Crippen molar-refractivity contribution in [1.29, 1.82) is 0 Å². The number of hydrogen-bond donors (Lipinski definition) is 1. The molecule has 0 aliphatic carbocycles. The predicted octanol–water partition coefficient (Wildman–Crippen LogP) is 2.96. The number of para-hydroxylation sites is 1. The lowest BCUT2D eigenvalue weighted by Crippen LogP contribution is -2.01. The molecule has 3 nitrogen and oxygen atoms in total. The smallest absolute Gasteiger partial charge is 0.132 e. The topological polar surface area (TPSA) is 45.8 Å². The van der Waals surface area contributed by atoms with Gasteiger partial charge >= 0.3 is 0 Å². The first kappa shape index (κ1) is 10.2. The number of aldehydes is 1. The van der Waals surface area contributed by atoms with Gasteiger partial charge in [-0.1, -0.05) is 18.2 Å². The number of carbonyl (C=O) groups excluding carboxylic acids is 1. The number of benzene rings is 1. The highest BCUT2D eigenvalue weighted by Gasteiger charge is 2.17. The van der Waals surface area contributed by atoms with E-state index in [1.165, 1.54) is 0 Å². The Labute approximate surface area is 102 Å². The highest BCUT2D eigenvalue weighted by atomic mass is 32.1. The summed E-state index contributed by atoms with van der Waals surface area (Å²) in [5, 5.41) is 1.98. The van der Waals surface area contributed by atoms with Crippen molar-refractivity contribution in [3.05, 3.63) is 52.5 Å². The van der Waals surface area contributed by atoms with Gasteiger partial charge in [0.25, 0.3) is 0 Å². The molecular weight excluding hydrogens is 232 g/mol. The van der Waals surface area contributed by atoms with E-state index < -0.39 is 0 Å². The third kappa shape index (κ3) is 1.66. The average molecular weight is 242 g/mol. The minimum Gasteiger partial charge on any atom is -0.345 e. The van der Waals surface area contributed by atoms with Gasteiger partial charge in [0.15, 0.2) is 0 Å². The van der Waals surface area contributed by atoms with Crippen molar-refractivity contribution in [2.24, 2.45) is 0 Å². The van der Waals surface area contributed by atoms with Crippen molar-refractivity contribution in [1.82, 2.24) is 9.97 Å². The number of thiophene rings is 1. The van der Waals surface area contributed by atoms with Gasteiger partial charge in [-0.3, -0.25) is 0 Å². The molecule has 17 heavy (non-hydrogen) atoms. The third-order valence-corrected chi connectivity index (χ3v) is 3.76. The Morgan fingerprint density at radius 1 is 1.29 bits per heavy atom. The fourth-order valence-electron chi connectivity index (χ4n) is 2.00. The molecule has 4 heteroatoms. The van der Waals surface area contributed by atoms with E-state index in [2.05, 4.69) is 9.97 Å². The van der Waals surface area contributed by atoms with Crippen LogP contribution in [0.15, 0.2) is 42.0 Å². The molecule has 1 atom stereocenters. The van der Waals surface area contributed by atoms with Crippen LogP contribution in [0.3, 0.4) is 0 Å². The first-order valence-electron chi connectivity index (χ1n) is 5.31. The molecule has 0 saturated heterocycles. The molecule has 0 amide bonds. The van der Waals surface area contributed by atoms with Crippen molar-refractivity contribution >= 4 is 28.7 Å². The highest BCUT2D eigenvalue weighted by molar-refractivity contribution is 7.10. The normalized spacial score (nSPS) is 12.7. The quantitative estimate of drug-likeness (QED) is 0.718. The average Bonchev–Trinajstić information content (AvgIpc) is 3.00. The van der Waals surface area contributed by atoms with Gasteiger partial charge < -0.3 is 9.78 Å². The van der Waals surface area contributed by atoms with Crippen LogP contribution >= 0.6 is 11.3 Å². The monoisotopic (exact) mass is 242 g/mol. The fraction of sp³-hybridized carbons (Fsp3) is 0.0769. The molecule has 84 valence electrons. The second-order valence-corrected chi connectivity index (χ2v) is 4.75. The summed E-state index contributed by atoms with van der Waals surface area (Å²) in [6.07, 6.45) is 2.64. The summed E-state index contributed by atoms with van der Waals surface area (Å²) in [4.78, 5) is 19.7. The molecule has 2 aromatic heterocycles. The van der Waals surface area contributed by atoms with Crippen LogP contribution < -0.4 is 0 Å². The molecule has 0 bridgehead atoms. The van der Waals surface area contributed by atoms with E-state index in [4.69, 9.17) is 0 Å². The lowest BCUT2D eigenvalue weighted by atomic mass is 9.97. The van der Waals surface area contributed by atoms with E-state index >= 15 is 0 Å². The summed E-state index contributed by atoms with van der Waals surface area (Å²) in [5.74, 6) is -0.220. The number of fused-ring (bicyclic) bond motifs is 1. The molecular formula is C13H10N2OS. The zero-order valence-electron chi connectivity index (χ0n) is 8.96. The highest BCUT2D eigenvalue weighted by Crippen LogP contribution is 2.30. The molecule has 0 aliphatic heterocycles. The minimum atomic E-state index is -0.220. The summed E-state index contributed by atoms with van der Waals surface area (Å²) in [6.45, 7) is 0. The lowest BCUT2D eigenvalue weighted by Gasteiger charge is -2.08. The molecule has 0 radical (unpaired) electrons. The number of aromatic amines is 1. The molecule has 0 spiro atoms. The van der Waals surface area contributed by atoms with Gasteiger partial charge in [-0.15, -0.1) is 11.3 Å². The van der Waals surface area contributed by atoms with E-state index in [1.807, 2.05) is 35.7 Å². The Morgan fingerprint density at radius 3 is 3.00 bits per heavy atom. The Balaban J connectivity index is 2.19. The Kier molecular flexibility index (Phi) is 2.49. The van der Waals surface area contributed by atoms with E-state index in [1.54, 1.807) is 17.7 Å². The van der Waals surface area contributed by atoms with Crippen LogP contribution in [-0.4, -0.2) is 16.3 Å². The summed E-state index contributed by atoms with van der Waals surface area (Å²) in [6, 6.07) is 9.81. The van der Waals surface area contributed by atoms with E-state index in [0.29, 0.717) is 0 Å². The van der Waals surface area contributed by atoms with Crippen LogP contribution in [-0.2, 0) is 4.79 Å². The molecule has 3 rings (SSSR count). The van der Waals surface area contributed by atoms with Crippen LogP contribution in [0, 0.1) is 0 Å². The van der Waals surface area contributed by atoms with Crippen molar-refractivity contribution in [2.75, 3.05) is 0 Å². The van der Waals surface area contributed by atoms with Crippen molar-refractivity contribution in [3.63, 3.8) is 0 Å². The third-order valence-electron chi connectivity index (χ3n) is 2.80. The van der Waals surface area contributed by atoms with Crippen LogP contribution in [0.5, 0.6) is 0 Å². The zero-order valence-corrected chi connectivity index (χ0v) is 9.78. The van der Waals surface area contributed by atoms with Gasteiger partial charge in [-0.2, -0.15) is 0 Å². The van der Waals surface area contributed by atoms with Crippen molar-refractivity contribution in [3.8, 4) is 0 Å². The van der Waals surface area contributed by atoms with Gasteiger partial charge in [0.05, 0.1) is 23.3 Å². The van der Waals surface area contributed by atoms with Crippen molar-refractivity contribution < 1.29 is 4.79 Å². The Bertz CT molecular complexity index is 642. The maximum absolute atomic E-state index is 11.3. The second kappa shape index (κ2) is 4.14. The molecule has 1 N–H and O–H groups in total. The van der Waals surface area contributed by atoms with Gasteiger partial charge in [-0.25, -0.2) is 4.98 Å². The number of nitrogens with one attached hydrogen (secondary N) is 1. The predicted molar refractivity (Wildman–Crippen MR) is 68.3 cm³/mol. The standard InChI is InChI=1S/C13H10N2OS/c16-7-10(12-5-2-6-17-12)9-3-1-4-11-13(9)15-8-14-11/h1-8,10H,(H,14,15). The van der Waals surface area contributed by atoms with Crippen LogP contribution in [0.1, 0.15) is 16.4 Å². The summed E-state index contributed by atoms with van der Waals surface area (Å²) < 4.78 is 0. The molecule has 3 aromatic rings. The van der Waals surface area contributed by atoms with Gasteiger partial charge in [0.2, 0.25) is 0 Å². The first-order valence-corrected chi connectivity index (χ1v) is 6.19.